The number of hydrogen-bond donors (Lipinski definition) is 0. The summed E-state index contributed by atoms with van der Waals surface area (Å²) in [7, 11) is 0. The van der Waals surface area contributed by atoms with Crippen LogP contribution in [0.5, 0.6) is 11.5 Å². The Morgan fingerprint density at radius 1 is 0.434 bits per heavy atom. The molecule has 0 radical (unpaired) electrons. The number of pyridine rings is 1. The number of fused-ring (bicyclic) bond motifs is 4. The largest absolute Gasteiger partial charge is 0.509 e. The van der Waals surface area contributed by atoms with Gasteiger partial charge in [0.15, 0.2) is 0 Å². The van der Waals surface area contributed by atoms with Crippen molar-refractivity contribution in [2.75, 3.05) is 9.80 Å². The van der Waals surface area contributed by atoms with Crippen molar-refractivity contribution in [3.05, 3.63) is 221 Å². The van der Waals surface area contributed by atoms with Crippen LogP contribution in [0.1, 0.15) is 155 Å². The van der Waals surface area contributed by atoms with Crippen LogP contribution in [0.3, 0.4) is 0 Å². The van der Waals surface area contributed by atoms with Gasteiger partial charge in [0.25, 0.3) is 0 Å². The molecule has 0 fully saturated rings. The van der Waals surface area contributed by atoms with Gasteiger partial charge in [-0.15, -0.1) is 53.6 Å². The number of ether oxygens (including phenoxy) is 1. The quantitative estimate of drug-likeness (QED) is 0.135. The Balaban J connectivity index is 0.00000706. The van der Waals surface area contributed by atoms with Crippen LogP contribution in [-0.4, -0.2) is 9.55 Å². The monoisotopic (exact) mass is 1180 g/mol. The molecule has 2 aromatic heterocycles. The zero-order chi connectivity index (χ0) is 53.6. The van der Waals surface area contributed by atoms with E-state index in [0.29, 0.717) is 11.5 Å². The van der Waals surface area contributed by atoms with Crippen LogP contribution < -0.4 is 14.5 Å². The van der Waals surface area contributed by atoms with Crippen molar-refractivity contribution in [2.24, 2.45) is 0 Å². The summed E-state index contributed by atoms with van der Waals surface area (Å²) >= 11 is 0. The first-order chi connectivity index (χ1) is 35.2. The average Bonchev–Trinajstić information content (AvgIpc) is 3.96. The number of nitrogens with zero attached hydrogens (tertiary/aromatic N) is 4. The summed E-state index contributed by atoms with van der Waals surface area (Å²) < 4.78 is 9.42. The van der Waals surface area contributed by atoms with E-state index < -0.39 is 5.41 Å². The van der Waals surface area contributed by atoms with E-state index in [9.17, 15) is 0 Å². The van der Waals surface area contributed by atoms with Crippen molar-refractivity contribution in [2.45, 2.75) is 143 Å². The Morgan fingerprint density at radius 3 is 1.59 bits per heavy atom. The smallest absolute Gasteiger partial charge is 0.135 e. The van der Waals surface area contributed by atoms with Crippen LogP contribution in [0, 0.1) is 18.8 Å². The van der Waals surface area contributed by atoms with Gasteiger partial charge in [0.1, 0.15) is 5.82 Å². The molecule has 7 aromatic carbocycles. The molecular weight excluding hydrogens is 1110 g/mol. The number of anilines is 4. The summed E-state index contributed by atoms with van der Waals surface area (Å²) in [4.78, 5) is 9.77. The molecule has 3 heterocycles. The molecule has 5 nitrogen and oxygen atoms in total. The van der Waals surface area contributed by atoms with Gasteiger partial charge in [0.05, 0.1) is 0 Å². The number of benzene rings is 7. The summed E-state index contributed by atoms with van der Waals surface area (Å²) in [5, 5.41) is 2.24. The van der Waals surface area contributed by atoms with Gasteiger partial charge in [-0.05, 0) is 114 Å². The van der Waals surface area contributed by atoms with Gasteiger partial charge in [-0.25, -0.2) is 4.98 Å². The van der Waals surface area contributed by atoms with Gasteiger partial charge >= 0.3 is 0 Å². The maximum absolute atomic E-state index is 7.15. The summed E-state index contributed by atoms with van der Waals surface area (Å²) in [6.45, 7) is 39.0. The molecule has 0 N–H and O–H groups in total. The van der Waals surface area contributed by atoms with Crippen molar-refractivity contribution in [1.29, 1.82) is 0 Å². The fourth-order valence-electron chi connectivity index (χ4n) is 10.8. The number of aromatic nitrogens is 2. The molecule has 6 heteroatoms. The Bertz CT molecular complexity index is 3600. The Labute approximate surface area is 468 Å². The molecule has 1 aliphatic rings. The molecule has 0 bridgehead atoms. The van der Waals surface area contributed by atoms with Gasteiger partial charge in [-0.1, -0.05) is 201 Å². The van der Waals surface area contributed by atoms with E-state index in [-0.39, 0.29) is 48.1 Å². The van der Waals surface area contributed by atoms with E-state index in [4.69, 9.17) is 9.72 Å². The van der Waals surface area contributed by atoms with E-state index in [2.05, 4.69) is 296 Å². The van der Waals surface area contributed by atoms with Gasteiger partial charge in [-0.2, -0.15) is 6.07 Å². The van der Waals surface area contributed by atoms with Crippen LogP contribution in [0.2, 0.25) is 0 Å². The predicted molar refractivity (Wildman–Crippen MR) is 316 cm³/mol. The molecular formula is C70H75N4OPt-3. The molecule has 394 valence electrons. The SMILES string of the molecule is CC(C)(C)c1cccc(N2[CH-]N(c3[c-]c(Oc4[c-]c5c(cc4)c4cc(C(C)(C)C)ccc4n5-c4cc(C(C)(C)c5ccccc5)ccn4)cc(C(C)(C)c4ccccc4)c3)c3cc(C(C)(C)C)c(C(C)(C)C)cc32)c1.[Pt]. The minimum atomic E-state index is -0.395. The maximum atomic E-state index is 7.15. The molecule has 0 atom stereocenters. The van der Waals surface area contributed by atoms with Crippen molar-refractivity contribution in [3.8, 4) is 17.3 Å². The zero-order valence-corrected chi connectivity index (χ0v) is 49.9. The van der Waals surface area contributed by atoms with Crippen molar-refractivity contribution >= 4 is 44.6 Å². The van der Waals surface area contributed by atoms with Crippen LogP contribution in [0.15, 0.2) is 158 Å². The van der Waals surface area contributed by atoms with Crippen LogP contribution in [0.4, 0.5) is 22.7 Å². The number of hydrogen-bond acceptors (Lipinski definition) is 4. The van der Waals surface area contributed by atoms with Crippen molar-refractivity contribution in [3.63, 3.8) is 0 Å². The first-order valence-corrected chi connectivity index (χ1v) is 26.8. The molecule has 1 aliphatic heterocycles. The minimum absolute atomic E-state index is 0. The third-order valence-corrected chi connectivity index (χ3v) is 15.7. The molecule has 9 aromatic rings. The van der Waals surface area contributed by atoms with Gasteiger partial charge < -0.3 is 19.1 Å². The third kappa shape index (κ3) is 10.2. The number of rotatable bonds is 9. The Kier molecular flexibility index (Phi) is 14.0. The second-order valence-electron chi connectivity index (χ2n) is 26.0. The molecule has 0 spiro atoms. The molecule has 0 aliphatic carbocycles. The van der Waals surface area contributed by atoms with Gasteiger partial charge in [0, 0.05) is 66.8 Å². The van der Waals surface area contributed by atoms with Crippen LogP contribution in [-0.2, 0) is 53.6 Å². The van der Waals surface area contributed by atoms with E-state index in [1.54, 1.807) is 0 Å². The molecule has 0 amide bonds. The maximum Gasteiger partial charge on any atom is 0.135 e. The predicted octanol–water partition coefficient (Wildman–Crippen LogP) is 18.8. The topological polar surface area (TPSA) is 33.5 Å². The Morgan fingerprint density at radius 2 is 1.00 bits per heavy atom. The summed E-state index contributed by atoms with van der Waals surface area (Å²) in [6.07, 6.45) is 1.94. The van der Waals surface area contributed by atoms with Gasteiger partial charge in [-0.3, -0.25) is 0 Å². The van der Waals surface area contributed by atoms with E-state index in [1.165, 1.54) is 38.9 Å². The minimum Gasteiger partial charge on any atom is -0.509 e. The van der Waals surface area contributed by atoms with Crippen molar-refractivity contribution < 1.29 is 25.8 Å². The summed E-state index contributed by atoms with van der Waals surface area (Å²) in [5.74, 6) is 2.03. The molecule has 0 saturated heterocycles. The summed E-state index contributed by atoms with van der Waals surface area (Å²) in [6, 6.07) is 63.0. The van der Waals surface area contributed by atoms with E-state index >= 15 is 0 Å². The fraction of sp³-hybridized carbons (Fsp3) is 0.314. The molecule has 0 unspecified atom stereocenters. The normalized spacial score (nSPS) is 13.6. The fourth-order valence-corrected chi connectivity index (χ4v) is 10.8. The van der Waals surface area contributed by atoms with E-state index in [1.807, 2.05) is 6.20 Å². The standard InChI is InChI=1S/C70H75N4O.Pt/c1-65(2,3)48-28-23-29-52(36-48)72-45-73(63-44-59(68(10,11)12)58(43-62(63)72)67(7,8)9)53-37-51(70(15,16)47-26-21-18-22-27-47)38-55(41-53)75-54-31-32-56-57-39-49(66(4,5)6)30-33-60(57)74(61(56)42-54)64-40-50(34-35-71-64)69(13,14)46-24-19-17-20-25-46;/h17-40,43-45H,1-16H3;/q-3;. The molecule has 76 heavy (non-hydrogen) atoms. The van der Waals surface area contributed by atoms with Gasteiger partial charge in [0.2, 0.25) is 0 Å². The second-order valence-corrected chi connectivity index (χ2v) is 26.0. The third-order valence-electron chi connectivity index (χ3n) is 15.7. The van der Waals surface area contributed by atoms with Crippen LogP contribution in [0.25, 0.3) is 27.6 Å². The van der Waals surface area contributed by atoms with E-state index in [0.717, 1.165) is 55.9 Å². The second kappa shape index (κ2) is 19.5. The van der Waals surface area contributed by atoms with Crippen LogP contribution >= 0.6 is 0 Å². The summed E-state index contributed by atoms with van der Waals surface area (Å²) in [5.41, 5.74) is 15.2. The first kappa shape index (κ1) is 54.4. The van der Waals surface area contributed by atoms with Crippen molar-refractivity contribution in [1.82, 2.24) is 9.55 Å². The average molecular weight is 1180 g/mol. The first-order valence-electron chi connectivity index (χ1n) is 26.8. The Hall–Kier alpha value is -6.42. The zero-order valence-electron chi connectivity index (χ0n) is 47.6. The molecule has 0 saturated carbocycles. The molecule has 10 rings (SSSR count).